The predicted molar refractivity (Wildman–Crippen MR) is 161 cm³/mol. The van der Waals surface area contributed by atoms with E-state index in [0.717, 1.165) is 0 Å². The predicted octanol–water partition coefficient (Wildman–Crippen LogP) is 2.98. The van der Waals surface area contributed by atoms with Gasteiger partial charge in [0.05, 0.1) is 24.6 Å². The summed E-state index contributed by atoms with van der Waals surface area (Å²) < 4.78 is 26.0. The molecular weight excluding hydrogens is 587 g/mol. The summed E-state index contributed by atoms with van der Waals surface area (Å²) in [6.07, 6.45) is -0.0761. The number of fused-ring (bicyclic) bond motifs is 1. The molecule has 13 nitrogen and oxygen atoms in total. The molecule has 4 rings (SSSR count). The lowest BCUT2D eigenvalue weighted by molar-refractivity contribution is -0.146. The number of anilines is 1. The molecule has 0 saturated heterocycles. The van der Waals surface area contributed by atoms with E-state index >= 15 is 0 Å². The van der Waals surface area contributed by atoms with Crippen LogP contribution in [0, 0.1) is 19.7 Å². The average molecular weight is 621 g/mol. The van der Waals surface area contributed by atoms with Crippen molar-refractivity contribution in [1.82, 2.24) is 24.6 Å². The van der Waals surface area contributed by atoms with Crippen LogP contribution in [0.1, 0.15) is 48.6 Å². The Kier molecular flexibility index (Phi) is 10.4. The summed E-state index contributed by atoms with van der Waals surface area (Å²) in [5, 5.41) is 9.90. The SMILES string of the molecule is CCOC(=O)CC[C@H](NC(=O)c1ccc(NC(=O)Cn2c(C)nc3c(c(C)nn3-c3ccc(F)cc3)c2=O)cc1)C(=O)OCC. The second-order valence-corrected chi connectivity index (χ2v) is 9.97. The number of ether oxygens (including phenoxy) is 2. The van der Waals surface area contributed by atoms with Gasteiger partial charge in [0.1, 0.15) is 29.6 Å². The molecule has 0 saturated carbocycles. The van der Waals surface area contributed by atoms with Crippen LogP contribution in [0.4, 0.5) is 10.1 Å². The van der Waals surface area contributed by atoms with Gasteiger partial charge in [-0.3, -0.25) is 23.7 Å². The number of nitrogens with one attached hydrogen (secondary N) is 2. The second-order valence-electron chi connectivity index (χ2n) is 9.97. The number of hydrogen-bond donors (Lipinski definition) is 2. The monoisotopic (exact) mass is 620 g/mol. The number of benzene rings is 2. The third kappa shape index (κ3) is 7.77. The quantitative estimate of drug-likeness (QED) is 0.227. The molecule has 0 bridgehead atoms. The van der Waals surface area contributed by atoms with E-state index in [1.165, 1.54) is 57.8 Å². The third-order valence-electron chi connectivity index (χ3n) is 6.78. The minimum Gasteiger partial charge on any atom is -0.466 e. The molecule has 2 aromatic carbocycles. The Morgan fingerprint density at radius 3 is 2.27 bits per heavy atom. The Labute approximate surface area is 257 Å². The van der Waals surface area contributed by atoms with Crippen LogP contribution < -0.4 is 16.2 Å². The molecule has 2 N–H and O–H groups in total. The van der Waals surface area contributed by atoms with Crippen LogP contribution in [0.2, 0.25) is 0 Å². The van der Waals surface area contributed by atoms with Crippen molar-refractivity contribution in [2.24, 2.45) is 0 Å². The number of esters is 2. The van der Waals surface area contributed by atoms with Crippen LogP contribution in [0.5, 0.6) is 0 Å². The average Bonchev–Trinajstić information content (AvgIpc) is 3.33. The number of aryl methyl sites for hydroxylation is 2. The van der Waals surface area contributed by atoms with Crippen molar-refractivity contribution in [2.45, 2.75) is 53.1 Å². The number of amides is 2. The first-order valence-electron chi connectivity index (χ1n) is 14.3. The molecule has 2 heterocycles. The Morgan fingerprint density at radius 1 is 0.956 bits per heavy atom. The molecule has 4 aromatic rings. The highest BCUT2D eigenvalue weighted by atomic mass is 19.1. The summed E-state index contributed by atoms with van der Waals surface area (Å²) in [5.41, 5.74) is 1.33. The van der Waals surface area contributed by atoms with Crippen LogP contribution in [-0.2, 0) is 30.4 Å². The van der Waals surface area contributed by atoms with Crippen molar-refractivity contribution < 1.29 is 33.0 Å². The molecule has 0 spiro atoms. The van der Waals surface area contributed by atoms with Gasteiger partial charge in [0.2, 0.25) is 5.91 Å². The Bertz CT molecular complexity index is 1780. The highest BCUT2D eigenvalue weighted by molar-refractivity contribution is 5.98. The lowest BCUT2D eigenvalue weighted by atomic mass is 10.1. The van der Waals surface area contributed by atoms with E-state index in [9.17, 15) is 28.4 Å². The summed E-state index contributed by atoms with van der Waals surface area (Å²) in [4.78, 5) is 67.7. The zero-order valence-electron chi connectivity index (χ0n) is 25.3. The molecule has 0 radical (unpaired) electrons. The molecule has 14 heteroatoms. The number of aromatic nitrogens is 4. The summed E-state index contributed by atoms with van der Waals surface area (Å²) >= 11 is 0. The van der Waals surface area contributed by atoms with Gasteiger partial charge in [-0.2, -0.15) is 5.10 Å². The van der Waals surface area contributed by atoms with Gasteiger partial charge in [-0.25, -0.2) is 18.9 Å². The molecule has 0 aliphatic heterocycles. The topological polar surface area (TPSA) is 164 Å². The largest absolute Gasteiger partial charge is 0.466 e. The van der Waals surface area contributed by atoms with Crippen LogP contribution in [0.25, 0.3) is 16.7 Å². The zero-order valence-corrected chi connectivity index (χ0v) is 25.3. The summed E-state index contributed by atoms with van der Waals surface area (Å²) in [6.45, 7) is 6.51. The second kappa shape index (κ2) is 14.4. The van der Waals surface area contributed by atoms with Crippen molar-refractivity contribution in [1.29, 1.82) is 0 Å². The number of halogens is 1. The molecular formula is C31H33FN6O7. The van der Waals surface area contributed by atoms with Crippen LogP contribution in [-0.4, -0.2) is 62.3 Å². The fourth-order valence-electron chi connectivity index (χ4n) is 4.59. The Hall–Kier alpha value is -5.40. The number of hydrogen-bond acceptors (Lipinski definition) is 9. The Morgan fingerprint density at radius 2 is 1.62 bits per heavy atom. The van der Waals surface area contributed by atoms with Crippen molar-refractivity contribution in [3.05, 3.63) is 81.8 Å². The van der Waals surface area contributed by atoms with E-state index in [1.54, 1.807) is 27.7 Å². The van der Waals surface area contributed by atoms with E-state index in [2.05, 4.69) is 20.7 Å². The van der Waals surface area contributed by atoms with Crippen molar-refractivity contribution in [3.8, 4) is 5.69 Å². The first-order valence-corrected chi connectivity index (χ1v) is 14.3. The summed E-state index contributed by atoms with van der Waals surface area (Å²) in [7, 11) is 0. The molecule has 2 amide bonds. The van der Waals surface area contributed by atoms with Gasteiger partial charge in [0.25, 0.3) is 11.5 Å². The van der Waals surface area contributed by atoms with Gasteiger partial charge in [-0.05, 0) is 82.6 Å². The van der Waals surface area contributed by atoms with E-state index in [4.69, 9.17) is 9.47 Å². The van der Waals surface area contributed by atoms with E-state index in [-0.39, 0.29) is 49.4 Å². The molecule has 45 heavy (non-hydrogen) atoms. The summed E-state index contributed by atoms with van der Waals surface area (Å²) in [6, 6.07) is 10.5. The molecule has 0 unspecified atom stereocenters. The van der Waals surface area contributed by atoms with Gasteiger partial charge in [0, 0.05) is 17.7 Å². The maximum Gasteiger partial charge on any atom is 0.328 e. The van der Waals surface area contributed by atoms with Crippen LogP contribution in [0.3, 0.4) is 0 Å². The summed E-state index contributed by atoms with van der Waals surface area (Å²) in [5.74, 6) is -2.39. The maximum absolute atomic E-state index is 13.4. The lowest BCUT2D eigenvalue weighted by Gasteiger charge is -2.17. The molecule has 2 aromatic heterocycles. The molecule has 1 atom stereocenters. The van der Waals surface area contributed by atoms with Crippen LogP contribution >= 0.6 is 0 Å². The standard InChI is InChI=1S/C31H33FN6O7/c1-5-44-26(40)16-15-24(31(43)45-6-2)35-29(41)20-7-11-22(12-8-20)34-25(39)17-37-19(4)33-28-27(30(37)42)18(3)36-38(28)23-13-9-21(32)10-14-23/h7-14,24H,5-6,15-17H2,1-4H3,(H,34,39)(H,35,41)/t24-/m0/s1. The van der Waals surface area contributed by atoms with E-state index < -0.39 is 41.2 Å². The van der Waals surface area contributed by atoms with Gasteiger partial charge >= 0.3 is 11.9 Å². The van der Waals surface area contributed by atoms with Crippen molar-refractivity contribution in [3.63, 3.8) is 0 Å². The van der Waals surface area contributed by atoms with Gasteiger partial charge in [-0.1, -0.05) is 0 Å². The maximum atomic E-state index is 13.4. The number of nitrogens with zero attached hydrogens (tertiary/aromatic N) is 4. The highest BCUT2D eigenvalue weighted by Crippen LogP contribution is 2.19. The minimum absolute atomic E-state index is 0.00350. The molecule has 0 fully saturated rings. The lowest BCUT2D eigenvalue weighted by Crippen LogP contribution is -2.42. The molecule has 0 aliphatic carbocycles. The number of carbonyl (C=O) groups excluding carboxylic acids is 4. The highest BCUT2D eigenvalue weighted by Gasteiger charge is 2.24. The first kappa shape index (κ1) is 32.5. The van der Waals surface area contributed by atoms with Gasteiger partial charge in [-0.15, -0.1) is 0 Å². The zero-order chi connectivity index (χ0) is 32.7. The van der Waals surface area contributed by atoms with E-state index in [1.807, 2.05) is 0 Å². The van der Waals surface area contributed by atoms with E-state index in [0.29, 0.717) is 22.7 Å². The van der Waals surface area contributed by atoms with Crippen molar-refractivity contribution in [2.75, 3.05) is 18.5 Å². The minimum atomic E-state index is -1.06. The Balaban J connectivity index is 1.44. The number of carbonyl (C=O) groups is 4. The third-order valence-corrected chi connectivity index (χ3v) is 6.78. The first-order chi connectivity index (χ1) is 21.5. The normalized spacial score (nSPS) is 11.6. The fraction of sp³-hybridized carbons (Fsp3) is 0.323. The van der Waals surface area contributed by atoms with Gasteiger partial charge in [0.15, 0.2) is 5.65 Å². The number of rotatable bonds is 12. The van der Waals surface area contributed by atoms with Crippen molar-refractivity contribution >= 4 is 40.5 Å². The molecule has 0 aliphatic rings. The molecule has 236 valence electrons. The fourth-order valence-corrected chi connectivity index (χ4v) is 4.59. The smallest absolute Gasteiger partial charge is 0.328 e. The van der Waals surface area contributed by atoms with Gasteiger partial charge < -0.3 is 20.1 Å². The van der Waals surface area contributed by atoms with Crippen LogP contribution in [0.15, 0.2) is 53.3 Å².